The zero-order valence-electron chi connectivity index (χ0n) is 21.7. The average molecular weight is 579 g/mol. The molecule has 0 fully saturated rings. The summed E-state index contributed by atoms with van der Waals surface area (Å²) in [6, 6.07) is 31.8. The molecule has 7 aromatic rings. The molecule has 9 rings (SSSR count). The Bertz CT molecular complexity index is 2200. The molecule has 0 saturated heterocycles. The Morgan fingerprint density at radius 2 is 0.595 bits per heavy atom. The van der Waals surface area contributed by atoms with Crippen LogP contribution in [0.25, 0.3) is 89.7 Å². The van der Waals surface area contributed by atoms with E-state index < -0.39 is 0 Å². The molecular formula is C32H16N8OV. The molecule has 0 N–H and O–H groups in total. The molecule has 9 nitrogen and oxygen atoms in total. The summed E-state index contributed by atoms with van der Waals surface area (Å²) < 4.78 is 0. The Kier molecular flexibility index (Phi) is 5.95. The maximum absolute atomic E-state index is 4.95. The second-order valence-electron chi connectivity index (χ2n) is 9.67. The van der Waals surface area contributed by atoms with Gasteiger partial charge in [0.15, 0.2) is 11.6 Å². The van der Waals surface area contributed by atoms with Crippen molar-refractivity contribution in [1.82, 2.24) is 39.9 Å². The molecule has 4 aromatic carbocycles. The van der Waals surface area contributed by atoms with Crippen LogP contribution < -0.4 is 9.97 Å². The Labute approximate surface area is 250 Å². The van der Waals surface area contributed by atoms with Gasteiger partial charge in [0.25, 0.3) is 0 Å². The molecule has 195 valence electrons. The van der Waals surface area contributed by atoms with Crippen LogP contribution in [0.4, 0.5) is 0 Å². The van der Waals surface area contributed by atoms with Crippen LogP contribution in [0.15, 0.2) is 97.1 Å². The van der Waals surface area contributed by atoms with Gasteiger partial charge in [0.1, 0.15) is 0 Å². The predicted octanol–water partition coefficient (Wildman–Crippen LogP) is 6.01. The van der Waals surface area contributed by atoms with E-state index in [-0.39, 0.29) is 24.0 Å². The van der Waals surface area contributed by atoms with Gasteiger partial charge in [-0.25, -0.2) is 15.0 Å². The maximum Gasteiger partial charge on any atom is 4.00 e. The van der Waals surface area contributed by atoms with Gasteiger partial charge in [0.05, 0.1) is 11.6 Å². The van der Waals surface area contributed by atoms with Crippen LogP contribution in [-0.4, -0.2) is 29.9 Å². The summed E-state index contributed by atoms with van der Waals surface area (Å²) in [4.78, 5) is 39.3. The summed E-state index contributed by atoms with van der Waals surface area (Å²) in [6.45, 7) is 0. The molecule has 2 aliphatic heterocycles. The minimum absolute atomic E-state index is 0. The normalized spacial score (nSPS) is 11.4. The van der Waals surface area contributed by atoms with Crippen molar-refractivity contribution >= 4 is 44.1 Å². The van der Waals surface area contributed by atoms with Crippen LogP contribution in [0.2, 0.25) is 0 Å². The molecular weight excluding hydrogens is 563 g/mol. The molecule has 0 unspecified atom stereocenters. The number of benzene rings is 4. The van der Waals surface area contributed by atoms with E-state index in [2.05, 4.69) is 0 Å². The van der Waals surface area contributed by atoms with Gasteiger partial charge in [-0.3, -0.25) is 0 Å². The molecule has 8 bridgehead atoms. The molecule has 0 atom stereocenters. The number of hydrogen-bond acceptors (Lipinski definition) is 6. The van der Waals surface area contributed by atoms with Crippen molar-refractivity contribution in [3.63, 3.8) is 0 Å². The van der Waals surface area contributed by atoms with E-state index >= 15 is 0 Å². The van der Waals surface area contributed by atoms with Gasteiger partial charge in [-0.1, -0.05) is 97.1 Å². The number of rotatable bonds is 0. The van der Waals surface area contributed by atoms with E-state index in [0.717, 1.165) is 43.8 Å². The van der Waals surface area contributed by atoms with Crippen LogP contribution >= 0.6 is 0 Å². The summed E-state index contributed by atoms with van der Waals surface area (Å²) in [5.74, 6) is 2.21. The van der Waals surface area contributed by atoms with Crippen LogP contribution in [-0.2, 0) is 24.0 Å². The van der Waals surface area contributed by atoms with Crippen molar-refractivity contribution in [3.8, 4) is 45.6 Å². The molecule has 0 saturated carbocycles. The summed E-state index contributed by atoms with van der Waals surface area (Å²) in [6.07, 6.45) is 0. The van der Waals surface area contributed by atoms with Crippen molar-refractivity contribution in [2.45, 2.75) is 0 Å². The molecule has 2 aliphatic rings. The Morgan fingerprint density at radius 1 is 0.333 bits per heavy atom. The van der Waals surface area contributed by atoms with Crippen molar-refractivity contribution in [1.29, 1.82) is 0 Å². The molecule has 0 aliphatic carbocycles. The van der Waals surface area contributed by atoms with Crippen molar-refractivity contribution in [2.75, 3.05) is 0 Å². The molecule has 1 radical (unpaired) electrons. The molecule has 10 heteroatoms. The number of aromatic nitrogens is 8. The van der Waals surface area contributed by atoms with E-state index in [1.807, 2.05) is 97.1 Å². The second kappa shape index (κ2) is 9.71. The van der Waals surface area contributed by atoms with Gasteiger partial charge in [0, 0.05) is 44.8 Å². The summed E-state index contributed by atoms with van der Waals surface area (Å²) in [7, 11) is 0. The van der Waals surface area contributed by atoms with E-state index in [9.17, 15) is 0 Å². The van der Waals surface area contributed by atoms with Gasteiger partial charge in [-0.15, -0.1) is 0 Å². The SMILES string of the molecule is [O-2].[V+4].c1ccc2c(c1)-c1nc3nc(nc4[n-]c(nc5[n-]c(nc-2n1)c1ccccc51)c1ccccc41)-c1ccccc1-3. The third-order valence-corrected chi connectivity index (χ3v) is 7.33. The monoisotopic (exact) mass is 579 g/mol. The largest absolute Gasteiger partial charge is 4.00 e. The van der Waals surface area contributed by atoms with Crippen molar-refractivity contribution in [2.24, 2.45) is 0 Å². The number of nitrogens with zero attached hydrogens (tertiary/aromatic N) is 8. The molecule has 3 aromatic heterocycles. The third kappa shape index (κ3) is 3.76. The fraction of sp³-hybridized carbons (Fsp3) is 0. The van der Waals surface area contributed by atoms with E-state index in [1.165, 1.54) is 0 Å². The van der Waals surface area contributed by atoms with Crippen LogP contribution in [0.5, 0.6) is 0 Å². The van der Waals surface area contributed by atoms with Gasteiger partial charge >= 0.3 is 18.6 Å². The van der Waals surface area contributed by atoms with E-state index in [0.29, 0.717) is 45.9 Å². The predicted molar refractivity (Wildman–Crippen MR) is 155 cm³/mol. The average Bonchev–Trinajstić information content (AvgIpc) is 3.73. The van der Waals surface area contributed by atoms with Crippen molar-refractivity contribution in [3.05, 3.63) is 97.1 Å². The number of fused-ring (bicyclic) bond motifs is 20. The first-order valence-electron chi connectivity index (χ1n) is 12.9. The first-order valence-corrected chi connectivity index (χ1v) is 12.9. The summed E-state index contributed by atoms with van der Waals surface area (Å²) in [5.41, 5.74) is 5.78. The number of hydrogen-bond donors (Lipinski definition) is 0. The fourth-order valence-electron chi connectivity index (χ4n) is 5.46. The molecule has 5 heterocycles. The van der Waals surface area contributed by atoms with Gasteiger partial charge in [-0.2, -0.15) is 0 Å². The topological polar surface area (TPSA) is 134 Å². The first kappa shape index (κ1) is 25.7. The van der Waals surface area contributed by atoms with Gasteiger partial charge in [-0.05, 0) is 21.5 Å². The minimum atomic E-state index is 0. The standard InChI is InChI=1S/C32H16N8.O.V/c1-2-10-18-17(9-1)25-33-26(18)38-28-21-13-5-6-14-22(21)30(35-28)40-32-24-16-8-7-15-23(24)31(36-32)39-29-20-12-4-3-11-19(20)27(34-29)37-25;;/h1-16H;;/q2*-2;+4. The fourth-order valence-corrected chi connectivity index (χ4v) is 5.46. The van der Waals surface area contributed by atoms with Gasteiger partial charge < -0.3 is 30.4 Å². The summed E-state index contributed by atoms with van der Waals surface area (Å²) >= 11 is 0. The maximum atomic E-state index is 4.95. The Hall–Kier alpha value is -5.22. The van der Waals surface area contributed by atoms with Gasteiger partial charge in [0.2, 0.25) is 0 Å². The Morgan fingerprint density at radius 3 is 0.929 bits per heavy atom. The smallest absolute Gasteiger partial charge is 2.00 e. The van der Waals surface area contributed by atoms with E-state index in [4.69, 9.17) is 39.9 Å². The quantitative estimate of drug-likeness (QED) is 0.213. The minimum Gasteiger partial charge on any atom is -2.00 e. The van der Waals surface area contributed by atoms with Crippen molar-refractivity contribution < 1.29 is 24.0 Å². The zero-order chi connectivity index (χ0) is 26.2. The van der Waals surface area contributed by atoms with Crippen LogP contribution in [0.1, 0.15) is 0 Å². The first-order chi connectivity index (χ1) is 19.8. The third-order valence-electron chi connectivity index (χ3n) is 7.33. The second-order valence-corrected chi connectivity index (χ2v) is 9.67. The van der Waals surface area contributed by atoms with Crippen LogP contribution in [0.3, 0.4) is 0 Å². The molecule has 0 amide bonds. The Balaban J connectivity index is 0.00000144. The molecule has 42 heavy (non-hydrogen) atoms. The molecule has 0 spiro atoms. The van der Waals surface area contributed by atoms with E-state index in [1.54, 1.807) is 0 Å². The van der Waals surface area contributed by atoms with Crippen LogP contribution in [0, 0.1) is 0 Å². The summed E-state index contributed by atoms with van der Waals surface area (Å²) in [5, 5.41) is 3.57. The zero-order valence-corrected chi connectivity index (χ0v) is 23.1.